The van der Waals surface area contributed by atoms with E-state index in [9.17, 15) is 9.59 Å². The van der Waals surface area contributed by atoms with E-state index in [0.29, 0.717) is 28.8 Å². The zero-order valence-electron chi connectivity index (χ0n) is 14.5. The molecule has 0 unspecified atom stereocenters. The predicted molar refractivity (Wildman–Crippen MR) is 98.6 cm³/mol. The molecule has 0 radical (unpaired) electrons. The van der Waals surface area contributed by atoms with Crippen LogP contribution in [-0.2, 0) is 0 Å². The SMILES string of the molecule is CCN(C(=O)c1cn(C(C)=O)c2ccc(OC)cc12)c1ccccc1. The lowest BCUT2D eigenvalue weighted by molar-refractivity contribution is 0.0941. The summed E-state index contributed by atoms with van der Waals surface area (Å²) in [7, 11) is 1.58. The molecule has 3 rings (SSSR count). The predicted octanol–water partition coefficient (Wildman–Crippen LogP) is 3.98. The topological polar surface area (TPSA) is 51.5 Å². The van der Waals surface area contributed by atoms with Gasteiger partial charge in [0.1, 0.15) is 5.75 Å². The highest BCUT2D eigenvalue weighted by Gasteiger charge is 2.22. The molecule has 0 saturated heterocycles. The maximum Gasteiger partial charge on any atom is 0.260 e. The molecule has 0 aliphatic rings. The number of amides is 1. The van der Waals surface area contributed by atoms with Crippen molar-refractivity contribution in [3.05, 3.63) is 60.3 Å². The largest absolute Gasteiger partial charge is 0.497 e. The number of carbonyl (C=O) groups is 2. The lowest BCUT2D eigenvalue weighted by Crippen LogP contribution is -2.30. The third-order valence-corrected chi connectivity index (χ3v) is 4.21. The molecular weight excluding hydrogens is 316 g/mol. The summed E-state index contributed by atoms with van der Waals surface area (Å²) < 4.78 is 6.78. The van der Waals surface area contributed by atoms with E-state index >= 15 is 0 Å². The molecule has 1 heterocycles. The lowest BCUT2D eigenvalue weighted by Gasteiger charge is -2.20. The van der Waals surface area contributed by atoms with E-state index < -0.39 is 0 Å². The highest BCUT2D eigenvalue weighted by molar-refractivity contribution is 6.15. The normalized spacial score (nSPS) is 10.7. The van der Waals surface area contributed by atoms with Gasteiger partial charge in [0.05, 0.1) is 18.2 Å². The second kappa shape index (κ2) is 6.81. The molecule has 0 bridgehead atoms. The van der Waals surface area contributed by atoms with Crippen molar-refractivity contribution >= 4 is 28.4 Å². The van der Waals surface area contributed by atoms with Gasteiger partial charge in [-0.3, -0.25) is 14.2 Å². The van der Waals surface area contributed by atoms with Crippen molar-refractivity contribution in [1.29, 1.82) is 0 Å². The van der Waals surface area contributed by atoms with Gasteiger partial charge in [-0.05, 0) is 37.3 Å². The van der Waals surface area contributed by atoms with Crippen LogP contribution < -0.4 is 9.64 Å². The van der Waals surface area contributed by atoms with E-state index in [-0.39, 0.29) is 11.8 Å². The number of anilines is 1. The number of ether oxygens (including phenoxy) is 1. The monoisotopic (exact) mass is 336 g/mol. The van der Waals surface area contributed by atoms with E-state index in [1.54, 1.807) is 36.4 Å². The lowest BCUT2D eigenvalue weighted by atomic mass is 10.1. The number of rotatable bonds is 4. The molecule has 128 valence electrons. The van der Waals surface area contributed by atoms with Crippen LogP contribution in [0.3, 0.4) is 0 Å². The first-order valence-corrected chi connectivity index (χ1v) is 8.13. The number of carbonyl (C=O) groups excluding carboxylic acids is 2. The van der Waals surface area contributed by atoms with Gasteiger partial charge in [-0.25, -0.2) is 0 Å². The van der Waals surface area contributed by atoms with Crippen LogP contribution in [0.4, 0.5) is 5.69 Å². The third kappa shape index (κ3) is 3.01. The molecule has 1 amide bonds. The molecule has 0 spiro atoms. The fraction of sp³-hybridized carbons (Fsp3) is 0.200. The van der Waals surface area contributed by atoms with Gasteiger partial charge in [0, 0.05) is 30.7 Å². The second-order valence-electron chi connectivity index (χ2n) is 5.70. The van der Waals surface area contributed by atoms with Crippen LogP contribution >= 0.6 is 0 Å². The minimum absolute atomic E-state index is 0.142. The number of hydrogen-bond donors (Lipinski definition) is 0. The molecule has 5 nitrogen and oxygen atoms in total. The Morgan fingerprint density at radius 2 is 1.84 bits per heavy atom. The summed E-state index contributed by atoms with van der Waals surface area (Å²) in [6, 6.07) is 14.9. The Morgan fingerprint density at radius 1 is 1.12 bits per heavy atom. The Hall–Kier alpha value is -3.08. The molecular formula is C20H20N2O3. The zero-order chi connectivity index (χ0) is 18.0. The van der Waals surface area contributed by atoms with Gasteiger partial charge >= 0.3 is 0 Å². The van der Waals surface area contributed by atoms with Gasteiger partial charge in [0.15, 0.2) is 0 Å². The molecule has 0 fully saturated rings. The van der Waals surface area contributed by atoms with E-state index in [1.807, 2.05) is 37.3 Å². The van der Waals surface area contributed by atoms with Crippen molar-refractivity contribution in [2.45, 2.75) is 13.8 Å². The Balaban J connectivity index is 2.16. The molecule has 0 N–H and O–H groups in total. The highest BCUT2D eigenvalue weighted by Crippen LogP contribution is 2.28. The molecule has 1 aromatic heterocycles. The van der Waals surface area contributed by atoms with Crippen LogP contribution in [0.1, 0.15) is 29.0 Å². The van der Waals surface area contributed by atoms with E-state index in [1.165, 1.54) is 11.5 Å². The average Bonchev–Trinajstić information content (AvgIpc) is 3.02. The standard InChI is InChI=1S/C20H20N2O3/c1-4-21(15-8-6-5-7-9-15)20(24)18-13-22(14(2)23)19-11-10-16(25-3)12-17(18)19/h5-13H,4H2,1-3H3. The molecule has 5 heteroatoms. The molecule has 0 aliphatic carbocycles. The van der Waals surface area contributed by atoms with E-state index in [2.05, 4.69) is 0 Å². The van der Waals surface area contributed by atoms with Gasteiger partial charge in [-0.2, -0.15) is 0 Å². The quantitative estimate of drug-likeness (QED) is 0.724. The average molecular weight is 336 g/mol. The van der Waals surface area contributed by atoms with Gasteiger partial charge in [-0.15, -0.1) is 0 Å². The molecule has 3 aromatic rings. The summed E-state index contributed by atoms with van der Waals surface area (Å²) in [5.41, 5.74) is 2.00. The summed E-state index contributed by atoms with van der Waals surface area (Å²) in [6.45, 7) is 3.93. The molecule has 2 aromatic carbocycles. The first kappa shape index (κ1) is 16.8. The zero-order valence-corrected chi connectivity index (χ0v) is 14.5. The van der Waals surface area contributed by atoms with Crippen molar-refractivity contribution < 1.29 is 14.3 Å². The van der Waals surface area contributed by atoms with Crippen LogP contribution in [-0.4, -0.2) is 30.0 Å². The first-order chi connectivity index (χ1) is 12.1. The van der Waals surface area contributed by atoms with Crippen LogP contribution in [0, 0.1) is 0 Å². The van der Waals surface area contributed by atoms with E-state index in [0.717, 1.165) is 5.69 Å². The van der Waals surface area contributed by atoms with Crippen molar-refractivity contribution in [3.8, 4) is 5.75 Å². The third-order valence-electron chi connectivity index (χ3n) is 4.21. The van der Waals surface area contributed by atoms with Gasteiger partial charge in [-0.1, -0.05) is 18.2 Å². The number of fused-ring (bicyclic) bond motifs is 1. The van der Waals surface area contributed by atoms with Crippen LogP contribution in [0.2, 0.25) is 0 Å². The van der Waals surface area contributed by atoms with Crippen molar-refractivity contribution in [2.75, 3.05) is 18.6 Å². The molecule has 0 saturated carbocycles. The Labute approximate surface area is 146 Å². The summed E-state index contributed by atoms with van der Waals surface area (Å²) >= 11 is 0. The smallest absolute Gasteiger partial charge is 0.260 e. The van der Waals surface area contributed by atoms with Gasteiger partial charge in [0.25, 0.3) is 5.91 Å². The Bertz CT molecular complexity index is 929. The number of nitrogens with zero attached hydrogens (tertiary/aromatic N) is 2. The Kier molecular flexibility index (Phi) is 4.57. The minimum Gasteiger partial charge on any atom is -0.497 e. The van der Waals surface area contributed by atoms with Crippen molar-refractivity contribution in [3.63, 3.8) is 0 Å². The summed E-state index contributed by atoms with van der Waals surface area (Å²) in [4.78, 5) is 26.8. The first-order valence-electron chi connectivity index (χ1n) is 8.13. The van der Waals surface area contributed by atoms with Crippen LogP contribution in [0.15, 0.2) is 54.7 Å². The fourth-order valence-corrected chi connectivity index (χ4v) is 2.96. The van der Waals surface area contributed by atoms with Crippen molar-refractivity contribution in [1.82, 2.24) is 4.57 Å². The molecule has 0 atom stereocenters. The maximum atomic E-state index is 13.2. The maximum absolute atomic E-state index is 13.2. The van der Waals surface area contributed by atoms with Gasteiger partial charge in [0.2, 0.25) is 5.91 Å². The second-order valence-corrected chi connectivity index (χ2v) is 5.70. The summed E-state index contributed by atoms with van der Waals surface area (Å²) in [5.74, 6) is 0.356. The van der Waals surface area contributed by atoms with Gasteiger partial charge < -0.3 is 9.64 Å². The van der Waals surface area contributed by atoms with Crippen molar-refractivity contribution in [2.24, 2.45) is 0 Å². The number of methoxy groups -OCH3 is 1. The summed E-state index contributed by atoms with van der Waals surface area (Å²) in [6.07, 6.45) is 1.61. The number of hydrogen-bond acceptors (Lipinski definition) is 3. The minimum atomic E-state index is -0.146. The summed E-state index contributed by atoms with van der Waals surface area (Å²) in [5, 5.41) is 0.703. The molecule has 25 heavy (non-hydrogen) atoms. The van der Waals surface area contributed by atoms with Crippen LogP contribution in [0.25, 0.3) is 10.9 Å². The fourth-order valence-electron chi connectivity index (χ4n) is 2.96. The number of benzene rings is 2. The number of aromatic nitrogens is 1. The Morgan fingerprint density at radius 3 is 2.44 bits per heavy atom. The highest BCUT2D eigenvalue weighted by atomic mass is 16.5. The number of para-hydroxylation sites is 1. The van der Waals surface area contributed by atoms with Crippen LogP contribution in [0.5, 0.6) is 5.75 Å². The van der Waals surface area contributed by atoms with E-state index in [4.69, 9.17) is 4.74 Å². The molecule has 0 aliphatic heterocycles.